The fourth-order valence-electron chi connectivity index (χ4n) is 10.6. The van der Waals surface area contributed by atoms with E-state index in [0.717, 1.165) is 45.8 Å². The predicted octanol–water partition coefficient (Wildman–Crippen LogP) is 0.429. The molecule has 10 aliphatic heterocycles. The van der Waals surface area contributed by atoms with Gasteiger partial charge in [-0.15, -0.1) is 12.4 Å². The van der Waals surface area contributed by atoms with Gasteiger partial charge in [0.15, 0.2) is 67.0 Å². The number of nitrogens with one attached hydrogen (secondary N) is 2. The zero-order chi connectivity index (χ0) is 85.9. The third-order valence-corrected chi connectivity index (χ3v) is 17.1. The van der Waals surface area contributed by atoms with Crippen LogP contribution in [0.1, 0.15) is 126 Å². The standard InChI is InChI=1S/C10H18O7S.C9H16O5.C9H16O4.C7H13ClO.C6H12O5.C6H12O4.C5H6N2O2.C5H10O4.C5H12O2.C2H4O2.CH3ClO2S.CH4O.CH4.ClH.H2/c1-10(2)15-6-5-14-9(13-3)8(7(6)16-10)17-18(4,11)12;1-9(2)13-5-4-12-8(11-3)6(10)7(5)14-9;1-9(2)12-6-4-8(10-3)11-5-7(6)13-9;1-3-6-5(2)4-7(8)9-6;1-10-6-5(9)4(8)3(7)2-11-6;1-9-6-2-4(8)5(3-7)10-6;1-3-2-6-5(9)7-4(3)8;6-3-1-5(8)9-2-4(3)7;1-5(2,6-3)7-4;1-2(3)4;1-5(2,3)4;1-2;;;/h6-9H,5H2,1-4H3;5-8,10H,4H2,1-3H3;6-8H,4-5H2,1-3H3;5-7H,3-4H2,1-2H3;3-9H,2H2,1H3;4-8H,2-3H2,1H3;2H,1H3,(H2,6,7,8,9);3-8H,1-2H2;1-4H3;1H3,(H,3,4);1H3;2H,1H3;1H4;2*1H/p+2/t6-,7-,8+,9?;5-,6+,7-,8?;6-,7+,8?;5-,6+,7-;3-,4-,5+,6?;4-,5+,6?;;3-,4+,5?;;;;;;;/m001101.1......./s1. The monoisotopic (exact) mass is 1760 g/mol. The van der Waals surface area contributed by atoms with Crippen LogP contribution >= 0.6 is 34.7 Å². The first-order valence-electron chi connectivity index (χ1n) is 34.9. The van der Waals surface area contributed by atoms with Crippen LogP contribution in [0.4, 0.5) is 0 Å². The first-order chi connectivity index (χ1) is 51.3. The molecule has 0 aromatic carbocycles. The van der Waals surface area contributed by atoms with E-state index in [4.69, 9.17) is 157 Å². The Hall–Kier alpha value is -2.32. The van der Waals surface area contributed by atoms with Crippen LogP contribution in [0, 0.1) is 12.8 Å². The second-order valence-corrected chi connectivity index (χ2v) is 32.4. The van der Waals surface area contributed by atoms with Gasteiger partial charge >= 0.3 is 8.54 Å². The Morgan fingerprint density at radius 3 is 1.44 bits per heavy atom. The number of aliphatic hydroxyl groups is 10. The summed E-state index contributed by atoms with van der Waals surface area (Å²) in [6, 6.07) is 0. The van der Waals surface area contributed by atoms with Gasteiger partial charge in [-0.05, 0) is 81.1 Å². The fraction of sp³-hybridized carbons (Fsp3) is 0.925. The van der Waals surface area contributed by atoms with Crippen molar-refractivity contribution in [2.45, 2.75) is 287 Å². The number of aromatic amines is 2. The number of carboxylic acid groups (broad SMARTS) is 1. The molecule has 678 valence electrons. The van der Waals surface area contributed by atoms with Crippen LogP contribution in [0.25, 0.3) is 0 Å². The highest BCUT2D eigenvalue weighted by atomic mass is 35.7. The molecule has 113 heavy (non-hydrogen) atoms. The summed E-state index contributed by atoms with van der Waals surface area (Å²) in [6.45, 7) is 22.8. The van der Waals surface area contributed by atoms with Gasteiger partial charge in [-0.3, -0.25) is 18.8 Å². The number of alkyl halides is 1. The van der Waals surface area contributed by atoms with E-state index < -0.39 is 140 Å². The van der Waals surface area contributed by atoms with E-state index in [2.05, 4.69) is 44.0 Å². The predicted molar refractivity (Wildman–Crippen MR) is 408 cm³/mol. The average molecular weight is 1760 g/mol. The Balaban J connectivity index is -0.000000290. The molecule has 0 saturated carbocycles. The molecule has 0 aliphatic carbocycles. The second-order valence-electron chi connectivity index (χ2n) is 27.3. The third-order valence-electron chi connectivity index (χ3n) is 16.2. The lowest BCUT2D eigenvalue weighted by Crippen LogP contribution is -2.54. The maximum absolute atomic E-state index is 11.3. The topological polar surface area (TPSA) is 567 Å². The molecular formula is C67H135Cl3N2O39S2+2. The van der Waals surface area contributed by atoms with Crippen molar-refractivity contribution in [1.29, 1.82) is 0 Å². The Morgan fingerprint density at radius 1 is 0.611 bits per heavy atom. The fourth-order valence-corrected chi connectivity index (χ4v) is 11.7. The third kappa shape index (κ3) is 45.8. The minimum atomic E-state index is -3.64. The van der Waals surface area contributed by atoms with Gasteiger partial charge in [0.25, 0.3) is 21.6 Å². The van der Waals surface area contributed by atoms with E-state index in [1.807, 2.05) is 41.5 Å². The van der Waals surface area contributed by atoms with Crippen molar-refractivity contribution in [3.63, 3.8) is 0 Å². The summed E-state index contributed by atoms with van der Waals surface area (Å²) in [5.41, 5.74) is -0.316. The van der Waals surface area contributed by atoms with Gasteiger partial charge < -0.3 is 156 Å². The molecule has 0 radical (unpaired) electrons. The second kappa shape index (κ2) is 55.6. The number of carbonyl (C=O) groups is 1. The maximum Gasteiger partial charge on any atom is 1.00 e. The van der Waals surface area contributed by atoms with Gasteiger partial charge in [-0.2, -0.15) is 8.42 Å². The van der Waals surface area contributed by atoms with Crippen molar-refractivity contribution in [2.75, 3.05) is 109 Å². The SMILES string of the molecule is C.CC(=O)O.CC[C@@H]1O[C@@H](Cl)C[C@H]1C.CO.COC(C)(C)OC.COC1C[C@@H](O)[C@H](CO)O1.COC1C[C@H]2OC(C)(C)O[C@H]2CO1.COC1OC[C@@H]2OC(C)(C)O[C@@H]2[C@H]1O.COC1OC[C@@H]2OC(C)(C)O[C@@H]2[C@H]1OS(C)(=O)=O.COC1OC[C@H](O)[C@H](O)[C@H]1O.CS(=O)(=O)Cl.Cc1c[nH]c(=O)[nH]c1=O.Cl.OC1C[C@@H](O)[C@@H](O)CO1.[H+].[H+].[HH]. The molecule has 10 saturated heterocycles. The van der Waals surface area contributed by atoms with E-state index in [9.17, 15) is 31.5 Å². The van der Waals surface area contributed by atoms with Gasteiger partial charge in [0.05, 0.1) is 76.6 Å². The number of H-pyrrole nitrogens is 2. The number of hydrogen-bond donors (Lipinski definition) is 13. The molecule has 24 atom stereocenters. The maximum atomic E-state index is 11.3. The van der Waals surface area contributed by atoms with E-state index >= 15 is 0 Å². The van der Waals surface area contributed by atoms with E-state index in [1.165, 1.54) is 34.6 Å². The molecule has 0 bridgehead atoms. The number of aromatic nitrogens is 2. The molecule has 1 aromatic rings. The van der Waals surface area contributed by atoms with E-state index in [1.54, 1.807) is 42.1 Å². The highest BCUT2D eigenvalue weighted by Gasteiger charge is 2.54. The molecule has 6 unspecified atom stereocenters. The number of rotatable bonds is 11. The number of hydrogen-bond acceptors (Lipinski definition) is 38. The number of aliphatic hydroxyl groups excluding tert-OH is 10. The molecule has 1 aromatic heterocycles. The molecule has 10 fully saturated rings. The van der Waals surface area contributed by atoms with Crippen LogP contribution in [0.15, 0.2) is 15.8 Å². The molecule has 0 spiro atoms. The first kappa shape index (κ1) is 115. The summed E-state index contributed by atoms with van der Waals surface area (Å²) < 4.78 is 150. The summed E-state index contributed by atoms with van der Waals surface area (Å²) in [4.78, 5) is 34.3. The number of methoxy groups -OCH3 is 7. The molecule has 10 aliphatic rings. The van der Waals surface area contributed by atoms with Crippen LogP contribution in [0.3, 0.4) is 0 Å². The highest BCUT2D eigenvalue weighted by Crippen LogP contribution is 2.38. The van der Waals surface area contributed by atoms with Crippen LogP contribution in [0.5, 0.6) is 0 Å². The van der Waals surface area contributed by atoms with Crippen molar-refractivity contribution in [2.24, 2.45) is 5.92 Å². The molecule has 41 nitrogen and oxygen atoms in total. The number of carboxylic acids is 1. The number of fused-ring (bicyclic) bond motifs is 3. The average Bonchev–Trinajstić information content (AvgIpc) is 1.71. The van der Waals surface area contributed by atoms with E-state index in [-0.39, 0.29) is 111 Å². The Labute approximate surface area is 682 Å². The van der Waals surface area contributed by atoms with Gasteiger partial charge in [0.1, 0.15) is 72.7 Å². The summed E-state index contributed by atoms with van der Waals surface area (Å²) in [7, 11) is 9.33. The lowest BCUT2D eigenvalue weighted by molar-refractivity contribution is -0.261. The van der Waals surface area contributed by atoms with Crippen molar-refractivity contribution in [1.82, 2.24) is 9.97 Å². The lowest BCUT2D eigenvalue weighted by atomic mass is 10.0. The summed E-state index contributed by atoms with van der Waals surface area (Å²) in [5, 5.41) is 95.5. The minimum Gasteiger partial charge on any atom is -0.481 e. The Morgan fingerprint density at radius 2 is 1.05 bits per heavy atom. The molecule has 11 heterocycles. The van der Waals surface area contributed by atoms with Gasteiger partial charge in [-0.1, -0.05) is 32.9 Å². The van der Waals surface area contributed by atoms with Crippen molar-refractivity contribution in [3.05, 3.63) is 32.6 Å². The van der Waals surface area contributed by atoms with Crippen molar-refractivity contribution in [3.8, 4) is 0 Å². The van der Waals surface area contributed by atoms with Crippen molar-refractivity contribution < 1.29 is 181 Å². The lowest BCUT2D eigenvalue weighted by Gasteiger charge is -2.35. The van der Waals surface area contributed by atoms with Crippen LogP contribution in [-0.4, -0.2) is 362 Å². The van der Waals surface area contributed by atoms with Gasteiger partial charge in [0.2, 0.25) is 9.05 Å². The molecule has 11 rings (SSSR count). The smallest absolute Gasteiger partial charge is 0.481 e. The van der Waals surface area contributed by atoms with Crippen LogP contribution < -0.4 is 11.2 Å². The Kier molecular flexibility index (Phi) is 56.5. The molecule has 13 N–H and O–H groups in total. The zero-order valence-electron chi connectivity index (χ0n) is 69.5. The number of aliphatic carboxylic acids is 1. The number of halogens is 3. The van der Waals surface area contributed by atoms with Crippen LogP contribution in [-0.2, 0) is 123 Å². The largest absolute Gasteiger partial charge is 1.00 e. The van der Waals surface area contributed by atoms with Gasteiger partial charge in [0, 0.05) is 107 Å². The quantitative estimate of drug-likeness (QED) is 0.0618. The summed E-state index contributed by atoms with van der Waals surface area (Å²) in [6.07, 6.45) is -5.63. The molecule has 46 heteroatoms. The zero-order valence-corrected chi connectivity index (χ0v) is 71.5. The number of ether oxygens (including phenoxy) is 20. The first-order valence-corrected chi connectivity index (χ1v) is 39.9. The van der Waals surface area contributed by atoms with Crippen LogP contribution in [0.2, 0.25) is 0 Å². The summed E-state index contributed by atoms with van der Waals surface area (Å²) >= 11 is 5.76. The molecular weight excluding hydrogens is 1630 g/mol. The molecule has 0 amide bonds. The highest BCUT2D eigenvalue weighted by molar-refractivity contribution is 8.13. The van der Waals surface area contributed by atoms with Gasteiger partial charge in [-0.25, -0.2) is 13.2 Å². The van der Waals surface area contributed by atoms with Crippen molar-refractivity contribution >= 4 is 59.8 Å². The Bertz CT molecular complexity index is 3040. The normalized spacial score (nSPS) is 34.4. The van der Waals surface area contributed by atoms with E-state index in [0.29, 0.717) is 37.2 Å². The summed E-state index contributed by atoms with van der Waals surface area (Å²) in [5.74, 6) is -2.51. The number of aryl methyl sites for hydroxylation is 1. The minimum absolute atomic E-state index is 0.